The van der Waals surface area contributed by atoms with Crippen molar-refractivity contribution in [2.24, 2.45) is 7.05 Å². The molecule has 0 bridgehead atoms. The van der Waals surface area contributed by atoms with Crippen LogP contribution in [-0.2, 0) is 7.05 Å². The molecule has 1 aliphatic carbocycles. The standard InChI is InChI=1S/C23H31N6PS/c1-24-17-7-5-16(6-8-17)23-25-14-21(31-23)19-10-9-18(26-22-15-29(2)28-27-22)13-20(19)30-11-3-4-12-30/h9-10,13-17,24,26H,3-8,11-12H2,1-2H3/t16-,17-. The SMILES string of the molecule is CN[C@H]1CC[C@H](c2ncc(-c3ccc(Nc4cn(C)nn4)cc3P3CCCC3)s2)CC1. The van der Waals surface area contributed by atoms with Crippen molar-refractivity contribution in [2.45, 2.75) is 50.5 Å². The number of aromatic nitrogens is 4. The molecule has 0 radical (unpaired) electrons. The number of rotatable bonds is 6. The summed E-state index contributed by atoms with van der Waals surface area (Å²) in [5, 5.41) is 17.9. The minimum absolute atomic E-state index is 0.0944. The number of benzene rings is 1. The Bertz CT molecular complexity index is 1020. The molecule has 31 heavy (non-hydrogen) atoms. The molecule has 3 aromatic rings. The van der Waals surface area contributed by atoms with E-state index in [9.17, 15) is 0 Å². The van der Waals surface area contributed by atoms with Crippen LogP contribution in [0.5, 0.6) is 0 Å². The molecule has 2 aliphatic rings. The summed E-state index contributed by atoms with van der Waals surface area (Å²) >= 11 is 1.92. The Balaban J connectivity index is 1.41. The quantitative estimate of drug-likeness (QED) is 0.522. The molecule has 1 aliphatic heterocycles. The molecule has 1 saturated heterocycles. The Kier molecular flexibility index (Phi) is 6.35. The number of nitrogens with zero attached hydrogens (tertiary/aromatic N) is 4. The Morgan fingerprint density at radius 2 is 1.94 bits per heavy atom. The van der Waals surface area contributed by atoms with Gasteiger partial charge in [-0.05, 0) is 75.3 Å². The van der Waals surface area contributed by atoms with E-state index in [-0.39, 0.29) is 7.92 Å². The Labute approximate surface area is 189 Å². The van der Waals surface area contributed by atoms with E-state index in [2.05, 4.69) is 52.4 Å². The van der Waals surface area contributed by atoms with E-state index >= 15 is 0 Å². The molecule has 1 aromatic carbocycles. The van der Waals surface area contributed by atoms with Gasteiger partial charge in [0.05, 0.1) is 16.1 Å². The molecule has 1 saturated carbocycles. The van der Waals surface area contributed by atoms with Crippen molar-refractivity contribution in [2.75, 3.05) is 24.7 Å². The molecule has 2 aromatic heterocycles. The Hall–Kier alpha value is -1.82. The molecule has 8 heteroatoms. The molecular formula is C23H31N6PS. The third kappa shape index (κ3) is 4.69. The second-order valence-corrected chi connectivity index (χ2v) is 12.2. The highest BCUT2D eigenvalue weighted by Gasteiger charge is 2.25. The van der Waals surface area contributed by atoms with E-state index in [1.807, 2.05) is 24.6 Å². The second-order valence-electron chi connectivity index (χ2n) is 8.73. The van der Waals surface area contributed by atoms with Crippen molar-refractivity contribution in [3.63, 3.8) is 0 Å². The van der Waals surface area contributed by atoms with E-state index in [0.29, 0.717) is 12.0 Å². The number of anilines is 2. The molecule has 2 fully saturated rings. The molecule has 2 N–H and O–H groups in total. The molecule has 3 heterocycles. The van der Waals surface area contributed by atoms with Crippen LogP contribution in [0.2, 0.25) is 0 Å². The highest BCUT2D eigenvalue weighted by Crippen LogP contribution is 2.46. The number of hydrogen-bond donors (Lipinski definition) is 2. The van der Waals surface area contributed by atoms with Gasteiger partial charge >= 0.3 is 0 Å². The maximum absolute atomic E-state index is 4.90. The lowest BCUT2D eigenvalue weighted by atomic mass is 9.86. The van der Waals surface area contributed by atoms with Crippen LogP contribution in [0.15, 0.2) is 30.6 Å². The summed E-state index contributed by atoms with van der Waals surface area (Å²) in [7, 11) is 3.88. The van der Waals surface area contributed by atoms with Gasteiger partial charge in [0.25, 0.3) is 0 Å². The lowest BCUT2D eigenvalue weighted by Crippen LogP contribution is -2.29. The molecule has 6 nitrogen and oxygen atoms in total. The minimum atomic E-state index is -0.0944. The van der Waals surface area contributed by atoms with Crippen LogP contribution < -0.4 is 15.9 Å². The highest BCUT2D eigenvalue weighted by atomic mass is 32.1. The second kappa shape index (κ2) is 9.35. The van der Waals surface area contributed by atoms with Gasteiger partial charge in [-0.15, -0.1) is 16.4 Å². The zero-order valence-corrected chi connectivity index (χ0v) is 20.1. The molecule has 0 unspecified atom stereocenters. The van der Waals surface area contributed by atoms with Gasteiger partial charge in [-0.1, -0.05) is 19.2 Å². The first-order chi connectivity index (χ1) is 15.2. The fraction of sp³-hybridized carbons (Fsp3) is 0.522. The van der Waals surface area contributed by atoms with Gasteiger partial charge in [0.15, 0.2) is 5.82 Å². The third-order valence-corrected chi connectivity index (χ3v) is 10.5. The van der Waals surface area contributed by atoms with Gasteiger partial charge in [-0.3, -0.25) is 4.68 Å². The monoisotopic (exact) mass is 454 g/mol. The third-order valence-electron chi connectivity index (χ3n) is 6.59. The zero-order valence-electron chi connectivity index (χ0n) is 18.3. The number of thiazole rings is 1. The fourth-order valence-electron chi connectivity index (χ4n) is 4.82. The van der Waals surface area contributed by atoms with Crippen molar-refractivity contribution in [1.29, 1.82) is 0 Å². The predicted molar refractivity (Wildman–Crippen MR) is 131 cm³/mol. The van der Waals surface area contributed by atoms with Gasteiger partial charge in [0, 0.05) is 36.5 Å². The van der Waals surface area contributed by atoms with E-state index in [1.54, 1.807) is 4.68 Å². The van der Waals surface area contributed by atoms with Crippen LogP contribution in [0.3, 0.4) is 0 Å². The average Bonchev–Trinajstić information content (AvgIpc) is 3.56. The average molecular weight is 455 g/mol. The minimum Gasteiger partial charge on any atom is -0.337 e. The maximum atomic E-state index is 4.90. The first-order valence-electron chi connectivity index (χ1n) is 11.4. The van der Waals surface area contributed by atoms with Gasteiger partial charge in [-0.2, -0.15) is 0 Å². The molecule has 5 rings (SSSR count). The number of hydrogen-bond acceptors (Lipinski definition) is 6. The van der Waals surface area contributed by atoms with Crippen LogP contribution >= 0.6 is 19.3 Å². The molecular weight excluding hydrogens is 423 g/mol. The van der Waals surface area contributed by atoms with Gasteiger partial charge in [0.2, 0.25) is 0 Å². The van der Waals surface area contributed by atoms with Crippen molar-refractivity contribution >= 4 is 36.1 Å². The summed E-state index contributed by atoms with van der Waals surface area (Å²) in [5.41, 5.74) is 2.49. The van der Waals surface area contributed by atoms with Crippen LogP contribution in [-0.4, -0.2) is 45.4 Å². The summed E-state index contributed by atoms with van der Waals surface area (Å²) in [6.45, 7) is 0. The summed E-state index contributed by atoms with van der Waals surface area (Å²) in [6, 6.07) is 7.51. The van der Waals surface area contributed by atoms with E-state index in [0.717, 1.165) is 11.5 Å². The van der Waals surface area contributed by atoms with Crippen molar-refractivity contribution in [1.82, 2.24) is 25.3 Å². The fourth-order valence-corrected chi connectivity index (χ4v) is 8.80. The molecule has 0 amide bonds. The van der Waals surface area contributed by atoms with E-state index in [1.165, 1.54) is 71.6 Å². The summed E-state index contributed by atoms with van der Waals surface area (Å²) in [5.74, 6) is 1.42. The maximum Gasteiger partial charge on any atom is 0.172 e. The van der Waals surface area contributed by atoms with Gasteiger partial charge in [0.1, 0.15) is 0 Å². The highest BCUT2D eigenvalue weighted by molar-refractivity contribution is 7.66. The Morgan fingerprint density at radius 1 is 1.13 bits per heavy atom. The van der Waals surface area contributed by atoms with Crippen molar-refractivity contribution in [3.05, 3.63) is 35.6 Å². The normalized spacial score (nSPS) is 22.1. The zero-order chi connectivity index (χ0) is 21.2. The van der Waals surface area contributed by atoms with Crippen LogP contribution in [0.4, 0.5) is 11.5 Å². The first-order valence-corrected chi connectivity index (χ1v) is 13.9. The Morgan fingerprint density at radius 3 is 2.65 bits per heavy atom. The largest absolute Gasteiger partial charge is 0.337 e. The molecule has 0 atom stereocenters. The topological polar surface area (TPSA) is 67.7 Å². The number of aryl methyl sites for hydroxylation is 1. The smallest absolute Gasteiger partial charge is 0.172 e. The van der Waals surface area contributed by atoms with Crippen molar-refractivity contribution < 1.29 is 0 Å². The molecule has 0 spiro atoms. The number of nitrogens with one attached hydrogen (secondary N) is 2. The lowest BCUT2D eigenvalue weighted by molar-refractivity contribution is 0.358. The van der Waals surface area contributed by atoms with Crippen LogP contribution in [0.25, 0.3) is 10.4 Å². The summed E-state index contributed by atoms with van der Waals surface area (Å²) < 4.78 is 1.72. The summed E-state index contributed by atoms with van der Waals surface area (Å²) in [6.07, 6.45) is 14.5. The van der Waals surface area contributed by atoms with E-state index < -0.39 is 0 Å². The van der Waals surface area contributed by atoms with Crippen molar-refractivity contribution in [3.8, 4) is 10.4 Å². The first kappa shape index (κ1) is 21.0. The van der Waals surface area contributed by atoms with Gasteiger partial charge < -0.3 is 10.6 Å². The molecule has 164 valence electrons. The van der Waals surface area contributed by atoms with Crippen LogP contribution in [0, 0.1) is 0 Å². The summed E-state index contributed by atoms with van der Waals surface area (Å²) in [4.78, 5) is 6.23. The van der Waals surface area contributed by atoms with Gasteiger partial charge in [-0.25, -0.2) is 4.98 Å². The van der Waals surface area contributed by atoms with E-state index in [4.69, 9.17) is 4.98 Å². The van der Waals surface area contributed by atoms with Crippen LogP contribution in [0.1, 0.15) is 49.5 Å². The lowest BCUT2D eigenvalue weighted by Gasteiger charge is -2.26. The predicted octanol–water partition coefficient (Wildman–Crippen LogP) is 4.83.